The summed E-state index contributed by atoms with van der Waals surface area (Å²) in [7, 11) is -3.27. The first-order valence-corrected chi connectivity index (χ1v) is 10.5. The van der Waals surface area contributed by atoms with Crippen LogP contribution in [0.5, 0.6) is 0 Å². The lowest BCUT2D eigenvalue weighted by Gasteiger charge is -2.15. The maximum Gasteiger partial charge on any atom is 0.251 e. The Morgan fingerprint density at radius 1 is 0.815 bits per heavy atom. The predicted molar refractivity (Wildman–Crippen MR) is 107 cm³/mol. The number of carbonyl (C=O) groups is 1. The molecule has 0 radical (unpaired) electrons. The zero-order chi connectivity index (χ0) is 19.4. The van der Waals surface area contributed by atoms with Crippen molar-refractivity contribution in [2.45, 2.75) is 17.9 Å². The van der Waals surface area contributed by atoms with E-state index in [1.165, 1.54) is 24.3 Å². The zero-order valence-corrected chi connectivity index (χ0v) is 16.0. The fourth-order valence-electron chi connectivity index (χ4n) is 2.81. The second kappa shape index (κ2) is 7.76. The van der Waals surface area contributed by atoms with Crippen LogP contribution in [0.4, 0.5) is 0 Å². The molecule has 0 aliphatic heterocycles. The fourth-order valence-corrected chi connectivity index (χ4v) is 3.44. The van der Waals surface area contributed by atoms with Crippen LogP contribution in [-0.2, 0) is 9.84 Å². The average molecular weight is 379 g/mol. The lowest BCUT2D eigenvalue weighted by Crippen LogP contribution is -2.26. The highest BCUT2D eigenvalue weighted by atomic mass is 32.2. The summed E-state index contributed by atoms with van der Waals surface area (Å²) in [4.78, 5) is 12.6. The quantitative estimate of drug-likeness (QED) is 0.721. The molecule has 1 N–H and O–H groups in total. The minimum Gasteiger partial charge on any atom is -0.346 e. The summed E-state index contributed by atoms with van der Waals surface area (Å²) in [5, 5.41) is 2.94. The van der Waals surface area contributed by atoms with Crippen molar-refractivity contribution in [3.63, 3.8) is 0 Å². The van der Waals surface area contributed by atoms with Crippen molar-refractivity contribution in [1.29, 1.82) is 0 Å². The van der Waals surface area contributed by atoms with Crippen LogP contribution < -0.4 is 5.32 Å². The van der Waals surface area contributed by atoms with E-state index in [9.17, 15) is 13.2 Å². The van der Waals surface area contributed by atoms with Crippen LogP contribution in [0.25, 0.3) is 11.1 Å². The van der Waals surface area contributed by atoms with E-state index in [0.29, 0.717) is 5.56 Å². The third kappa shape index (κ3) is 4.63. The number of nitrogens with one attached hydrogen (secondary N) is 1. The Kier molecular flexibility index (Phi) is 5.42. The van der Waals surface area contributed by atoms with Gasteiger partial charge in [0, 0.05) is 11.8 Å². The van der Waals surface area contributed by atoms with Crippen molar-refractivity contribution in [3.05, 3.63) is 90.0 Å². The summed E-state index contributed by atoms with van der Waals surface area (Å²) in [6, 6.07) is 23.9. The van der Waals surface area contributed by atoms with Gasteiger partial charge >= 0.3 is 0 Å². The molecule has 138 valence electrons. The minimum absolute atomic E-state index is 0.170. The molecule has 0 aliphatic rings. The molecule has 0 saturated carbocycles. The molecule has 1 atom stereocenters. The number of hydrogen-bond acceptors (Lipinski definition) is 3. The lowest BCUT2D eigenvalue weighted by molar-refractivity contribution is 0.0940. The van der Waals surface area contributed by atoms with Crippen LogP contribution in [0.3, 0.4) is 0 Å². The first kappa shape index (κ1) is 18.9. The van der Waals surface area contributed by atoms with Crippen LogP contribution >= 0.6 is 0 Å². The summed E-state index contributed by atoms with van der Waals surface area (Å²) in [5.41, 5.74) is 3.69. The van der Waals surface area contributed by atoms with Crippen molar-refractivity contribution in [3.8, 4) is 11.1 Å². The molecule has 0 aromatic heterocycles. The normalized spacial score (nSPS) is 12.4. The molecular formula is C22H21NO3S. The van der Waals surface area contributed by atoms with Gasteiger partial charge in [-0.2, -0.15) is 0 Å². The van der Waals surface area contributed by atoms with E-state index in [4.69, 9.17) is 0 Å². The third-order valence-corrected chi connectivity index (χ3v) is 5.54. The summed E-state index contributed by atoms with van der Waals surface area (Å²) in [6.45, 7) is 1.92. The average Bonchev–Trinajstić information content (AvgIpc) is 2.68. The Bertz CT molecular complexity index is 1030. The van der Waals surface area contributed by atoms with E-state index in [1.807, 2.05) is 49.4 Å². The van der Waals surface area contributed by atoms with Gasteiger partial charge in [0.1, 0.15) is 0 Å². The Balaban J connectivity index is 1.69. The van der Waals surface area contributed by atoms with Gasteiger partial charge in [-0.3, -0.25) is 4.79 Å². The lowest BCUT2D eigenvalue weighted by atomic mass is 10.0. The van der Waals surface area contributed by atoms with Gasteiger partial charge in [0.25, 0.3) is 5.91 Å². The number of rotatable bonds is 5. The highest BCUT2D eigenvalue weighted by molar-refractivity contribution is 7.90. The highest BCUT2D eigenvalue weighted by Crippen LogP contribution is 2.22. The van der Waals surface area contributed by atoms with Gasteiger partial charge in [-0.1, -0.05) is 54.6 Å². The number of benzene rings is 3. The summed E-state index contributed by atoms with van der Waals surface area (Å²) >= 11 is 0. The number of hydrogen-bond donors (Lipinski definition) is 1. The van der Waals surface area contributed by atoms with Gasteiger partial charge in [-0.25, -0.2) is 8.42 Å². The highest BCUT2D eigenvalue weighted by Gasteiger charge is 2.13. The molecule has 0 bridgehead atoms. The molecule has 4 nitrogen and oxygen atoms in total. The molecule has 0 unspecified atom stereocenters. The Hall–Kier alpha value is -2.92. The Morgan fingerprint density at radius 3 is 1.93 bits per heavy atom. The Labute approximate surface area is 159 Å². The maximum atomic E-state index is 12.4. The van der Waals surface area contributed by atoms with Crippen molar-refractivity contribution in [2.24, 2.45) is 0 Å². The number of carbonyl (C=O) groups excluding carboxylic acids is 1. The molecule has 0 saturated heterocycles. The second-order valence-electron chi connectivity index (χ2n) is 6.48. The molecule has 1 amide bonds. The second-order valence-corrected chi connectivity index (χ2v) is 8.50. The maximum absolute atomic E-state index is 12.4. The van der Waals surface area contributed by atoms with Crippen molar-refractivity contribution >= 4 is 15.7 Å². The van der Waals surface area contributed by atoms with Gasteiger partial charge < -0.3 is 5.32 Å². The molecule has 3 rings (SSSR count). The zero-order valence-electron chi connectivity index (χ0n) is 15.2. The molecule has 27 heavy (non-hydrogen) atoms. The van der Waals surface area contributed by atoms with E-state index in [-0.39, 0.29) is 16.8 Å². The van der Waals surface area contributed by atoms with Crippen molar-refractivity contribution < 1.29 is 13.2 Å². The van der Waals surface area contributed by atoms with Crippen molar-refractivity contribution in [1.82, 2.24) is 5.32 Å². The molecule has 0 heterocycles. The molecule has 3 aromatic carbocycles. The largest absolute Gasteiger partial charge is 0.346 e. The molecule has 0 spiro atoms. The monoisotopic (exact) mass is 379 g/mol. The predicted octanol–water partition coefficient (Wildman–Crippen LogP) is 4.25. The van der Waals surface area contributed by atoms with E-state index >= 15 is 0 Å². The van der Waals surface area contributed by atoms with E-state index in [0.717, 1.165) is 22.9 Å². The van der Waals surface area contributed by atoms with Crippen LogP contribution in [0.2, 0.25) is 0 Å². The first-order chi connectivity index (χ1) is 12.8. The van der Waals surface area contributed by atoms with Gasteiger partial charge in [-0.05, 0) is 47.9 Å². The summed E-state index contributed by atoms with van der Waals surface area (Å²) < 4.78 is 23.0. The third-order valence-electron chi connectivity index (χ3n) is 4.41. The molecular weight excluding hydrogens is 358 g/mol. The van der Waals surface area contributed by atoms with E-state index < -0.39 is 9.84 Å². The van der Waals surface area contributed by atoms with Gasteiger partial charge in [-0.15, -0.1) is 0 Å². The number of amides is 1. The van der Waals surface area contributed by atoms with E-state index in [2.05, 4.69) is 17.4 Å². The van der Waals surface area contributed by atoms with Crippen molar-refractivity contribution in [2.75, 3.05) is 6.26 Å². The smallest absolute Gasteiger partial charge is 0.251 e. The molecule has 5 heteroatoms. The van der Waals surface area contributed by atoms with Crippen LogP contribution in [0, 0.1) is 0 Å². The number of sulfone groups is 1. The first-order valence-electron chi connectivity index (χ1n) is 8.61. The van der Waals surface area contributed by atoms with Gasteiger partial charge in [0.15, 0.2) is 9.84 Å². The van der Waals surface area contributed by atoms with Crippen LogP contribution in [0.1, 0.15) is 28.9 Å². The minimum atomic E-state index is -3.27. The summed E-state index contributed by atoms with van der Waals surface area (Å²) in [5.74, 6) is -0.241. The fraction of sp³-hybridized carbons (Fsp3) is 0.136. The molecule has 0 aliphatic carbocycles. The van der Waals surface area contributed by atoms with Crippen LogP contribution in [0.15, 0.2) is 83.8 Å². The Morgan fingerprint density at radius 2 is 1.37 bits per heavy atom. The SMILES string of the molecule is C[C@@H](NC(=O)c1ccc(S(C)(=O)=O)cc1)c1ccc(-c2ccccc2)cc1. The van der Waals surface area contributed by atoms with Crippen LogP contribution in [-0.4, -0.2) is 20.6 Å². The summed E-state index contributed by atoms with van der Waals surface area (Å²) in [6.07, 6.45) is 1.14. The van der Waals surface area contributed by atoms with Gasteiger partial charge in [0.2, 0.25) is 0 Å². The topological polar surface area (TPSA) is 63.2 Å². The van der Waals surface area contributed by atoms with Gasteiger partial charge in [0.05, 0.1) is 10.9 Å². The molecule has 0 fully saturated rings. The molecule has 3 aromatic rings. The standard InChI is InChI=1S/C22H21NO3S/c1-16(17-8-10-19(11-9-17)18-6-4-3-5-7-18)23-22(24)20-12-14-21(15-13-20)27(2,25)26/h3-16H,1-2H3,(H,23,24)/t16-/m1/s1. The van der Waals surface area contributed by atoms with E-state index in [1.54, 1.807) is 0 Å².